The van der Waals surface area contributed by atoms with E-state index in [4.69, 9.17) is 28.4 Å². The highest BCUT2D eigenvalue weighted by atomic mass is 16.6. The van der Waals surface area contributed by atoms with Gasteiger partial charge in [0.05, 0.1) is 47.8 Å². The Bertz CT molecular complexity index is 867. The predicted octanol–water partition coefficient (Wildman–Crippen LogP) is 4.15. The minimum atomic E-state index is -1.18. The first-order chi connectivity index (χ1) is 16.9. The molecule has 2 rings (SSSR count). The van der Waals surface area contributed by atoms with Gasteiger partial charge in [0.1, 0.15) is 5.41 Å². The molecule has 0 fully saturated rings. The molecule has 9 nitrogen and oxygen atoms in total. The molecule has 0 amide bonds. The van der Waals surface area contributed by atoms with E-state index >= 15 is 0 Å². The number of benzene rings is 1. The Kier molecular flexibility index (Phi) is 10.9. The zero-order valence-corrected chi connectivity index (χ0v) is 21.9. The maximum atomic E-state index is 13.3. The average molecular weight is 497 g/mol. The standard InChI is InChI=1S/C26H40O9/c1-7-34-18(27)14-12-10-9-11-13-15-26(25(29)35-8-2)16-17-19(24(26)28)21(31-4)23(33-6)22(32-5)20(17)30-3/h24,28H,7-16H2,1-6H3. The fourth-order valence-electron chi connectivity index (χ4n) is 4.93. The van der Waals surface area contributed by atoms with E-state index in [1.165, 1.54) is 28.4 Å². The van der Waals surface area contributed by atoms with Crippen LogP contribution in [0.15, 0.2) is 0 Å². The third-order valence-corrected chi connectivity index (χ3v) is 6.56. The van der Waals surface area contributed by atoms with E-state index in [1.54, 1.807) is 13.8 Å². The highest BCUT2D eigenvalue weighted by molar-refractivity contribution is 5.82. The highest BCUT2D eigenvalue weighted by Crippen LogP contribution is 2.61. The summed E-state index contributed by atoms with van der Waals surface area (Å²) in [7, 11) is 5.97. The Morgan fingerprint density at radius 1 is 0.800 bits per heavy atom. The first-order valence-electron chi connectivity index (χ1n) is 12.3. The topological polar surface area (TPSA) is 110 Å². The summed E-state index contributed by atoms with van der Waals surface area (Å²) in [6, 6.07) is 0. The van der Waals surface area contributed by atoms with Gasteiger partial charge >= 0.3 is 11.9 Å². The van der Waals surface area contributed by atoms with Crippen LogP contribution in [0.1, 0.15) is 76.0 Å². The van der Waals surface area contributed by atoms with Gasteiger partial charge < -0.3 is 33.5 Å². The summed E-state index contributed by atoms with van der Waals surface area (Å²) in [5.41, 5.74) is -0.0669. The van der Waals surface area contributed by atoms with Gasteiger partial charge in [0.25, 0.3) is 0 Å². The number of rotatable bonds is 15. The largest absolute Gasteiger partial charge is 0.492 e. The van der Waals surface area contributed by atoms with Crippen LogP contribution < -0.4 is 18.9 Å². The third kappa shape index (κ3) is 5.94. The Morgan fingerprint density at radius 2 is 1.34 bits per heavy atom. The van der Waals surface area contributed by atoms with Crippen molar-refractivity contribution in [2.45, 2.75) is 71.3 Å². The van der Waals surface area contributed by atoms with Gasteiger partial charge in [-0.1, -0.05) is 25.7 Å². The number of methoxy groups -OCH3 is 4. The second-order valence-corrected chi connectivity index (χ2v) is 8.55. The van der Waals surface area contributed by atoms with Gasteiger partial charge in [0, 0.05) is 17.5 Å². The lowest BCUT2D eigenvalue weighted by molar-refractivity contribution is -0.163. The third-order valence-electron chi connectivity index (χ3n) is 6.56. The molecule has 0 saturated heterocycles. The summed E-state index contributed by atoms with van der Waals surface area (Å²) in [4.78, 5) is 24.8. The van der Waals surface area contributed by atoms with Crippen LogP contribution >= 0.6 is 0 Å². The van der Waals surface area contributed by atoms with Gasteiger partial charge in [-0.15, -0.1) is 0 Å². The molecule has 0 heterocycles. The van der Waals surface area contributed by atoms with Crippen molar-refractivity contribution in [3.8, 4) is 23.0 Å². The van der Waals surface area contributed by atoms with E-state index in [2.05, 4.69) is 0 Å². The molecule has 1 aromatic rings. The Morgan fingerprint density at radius 3 is 1.91 bits per heavy atom. The zero-order valence-electron chi connectivity index (χ0n) is 21.9. The quantitative estimate of drug-likeness (QED) is 0.283. The molecule has 2 unspecified atom stereocenters. The second-order valence-electron chi connectivity index (χ2n) is 8.55. The Hall–Kier alpha value is -2.68. The molecule has 1 aromatic carbocycles. The minimum absolute atomic E-state index is 0.172. The molecule has 2 atom stereocenters. The molecule has 1 N–H and O–H groups in total. The number of hydrogen-bond acceptors (Lipinski definition) is 9. The van der Waals surface area contributed by atoms with Crippen LogP contribution in [0.4, 0.5) is 0 Å². The van der Waals surface area contributed by atoms with Crippen molar-refractivity contribution in [2.24, 2.45) is 5.41 Å². The molecule has 0 spiro atoms. The van der Waals surface area contributed by atoms with Gasteiger partial charge in [0.15, 0.2) is 11.5 Å². The number of ether oxygens (including phenoxy) is 6. The molecule has 0 aliphatic heterocycles. The zero-order chi connectivity index (χ0) is 26.0. The van der Waals surface area contributed by atoms with Crippen molar-refractivity contribution in [1.29, 1.82) is 0 Å². The van der Waals surface area contributed by atoms with Crippen molar-refractivity contribution < 1.29 is 43.1 Å². The fraction of sp³-hybridized carbons (Fsp3) is 0.692. The lowest BCUT2D eigenvalue weighted by Gasteiger charge is -2.30. The van der Waals surface area contributed by atoms with Gasteiger partial charge in [0.2, 0.25) is 11.5 Å². The summed E-state index contributed by atoms with van der Waals surface area (Å²) >= 11 is 0. The molecule has 0 saturated carbocycles. The number of esters is 2. The molecular weight excluding hydrogens is 456 g/mol. The summed E-state index contributed by atoms with van der Waals surface area (Å²) in [5.74, 6) is 0.745. The monoisotopic (exact) mass is 496 g/mol. The Labute approximate surface area is 208 Å². The van der Waals surface area contributed by atoms with Crippen LogP contribution in [0.5, 0.6) is 23.0 Å². The first kappa shape index (κ1) is 28.6. The molecule has 1 aliphatic rings. The number of hydrogen-bond donors (Lipinski definition) is 1. The minimum Gasteiger partial charge on any atom is -0.492 e. The number of unbranched alkanes of at least 4 members (excludes halogenated alkanes) is 4. The van der Waals surface area contributed by atoms with Crippen LogP contribution in [0.2, 0.25) is 0 Å². The van der Waals surface area contributed by atoms with Crippen molar-refractivity contribution in [1.82, 2.24) is 0 Å². The smallest absolute Gasteiger partial charge is 0.315 e. The van der Waals surface area contributed by atoms with Crippen molar-refractivity contribution >= 4 is 11.9 Å². The molecular formula is C26H40O9. The number of aliphatic hydroxyl groups excluding tert-OH is 1. The maximum Gasteiger partial charge on any atom is 0.315 e. The van der Waals surface area contributed by atoms with Crippen LogP contribution in [0.3, 0.4) is 0 Å². The maximum absolute atomic E-state index is 13.3. The normalized spacial score (nSPS) is 18.5. The molecule has 198 valence electrons. The number of carbonyl (C=O) groups excluding carboxylic acids is 2. The van der Waals surface area contributed by atoms with E-state index in [-0.39, 0.29) is 19.0 Å². The second kappa shape index (κ2) is 13.4. The number of aliphatic hydroxyl groups is 1. The van der Waals surface area contributed by atoms with Crippen molar-refractivity contribution in [3.05, 3.63) is 11.1 Å². The van der Waals surface area contributed by atoms with Crippen LogP contribution in [-0.2, 0) is 25.5 Å². The number of fused-ring (bicyclic) bond motifs is 1. The lowest BCUT2D eigenvalue weighted by atomic mass is 9.77. The van der Waals surface area contributed by atoms with E-state index in [9.17, 15) is 14.7 Å². The lowest BCUT2D eigenvalue weighted by Crippen LogP contribution is -2.37. The van der Waals surface area contributed by atoms with Crippen molar-refractivity contribution in [3.63, 3.8) is 0 Å². The van der Waals surface area contributed by atoms with Gasteiger partial charge in [-0.3, -0.25) is 9.59 Å². The fourth-order valence-corrected chi connectivity index (χ4v) is 4.93. The van der Waals surface area contributed by atoms with Gasteiger partial charge in [-0.25, -0.2) is 0 Å². The highest BCUT2D eigenvalue weighted by Gasteiger charge is 2.55. The number of carbonyl (C=O) groups is 2. The van der Waals surface area contributed by atoms with Crippen LogP contribution in [0.25, 0.3) is 0 Å². The molecule has 0 bridgehead atoms. The SMILES string of the molecule is CCOC(=O)CCCCCCCC1(C(=O)OCC)Cc2c(OC)c(OC)c(OC)c(OC)c2C1O. The van der Waals surface area contributed by atoms with Crippen LogP contribution in [0, 0.1) is 5.41 Å². The molecule has 0 radical (unpaired) electrons. The van der Waals surface area contributed by atoms with E-state index in [0.29, 0.717) is 60.0 Å². The average Bonchev–Trinajstić information content (AvgIpc) is 3.14. The summed E-state index contributed by atoms with van der Waals surface area (Å²) in [6.45, 7) is 4.15. The van der Waals surface area contributed by atoms with Crippen LogP contribution in [-0.4, -0.2) is 58.7 Å². The van der Waals surface area contributed by atoms with E-state index in [1.807, 2.05) is 0 Å². The molecule has 35 heavy (non-hydrogen) atoms. The first-order valence-corrected chi connectivity index (χ1v) is 12.3. The van der Waals surface area contributed by atoms with Crippen molar-refractivity contribution in [2.75, 3.05) is 41.7 Å². The van der Waals surface area contributed by atoms with Gasteiger partial charge in [-0.05, 0) is 33.1 Å². The van der Waals surface area contributed by atoms with Gasteiger partial charge in [-0.2, -0.15) is 0 Å². The molecule has 0 aromatic heterocycles. The van der Waals surface area contributed by atoms with E-state index < -0.39 is 17.5 Å². The molecule has 1 aliphatic carbocycles. The predicted molar refractivity (Wildman–Crippen MR) is 129 cm³/mol. The Balaban J connectivity index is 2.26. The summed E-state index contributed by atoms with van der Waals surface area (Å²) < 4.78 is 32.7. The summed E-state index contributed by atoms with van der Waals surface area (Å²) in [6.07, 6.45) is 4.04. The van der Waals surface area contributed by atoms with E-state index in [0.717, 1.165) is 25.7 Å². The molecule has 9 heteroatoms. The summed E-state index contributed by atoms with van der Waals surface area (Å²) in [5, 5.41) is 11.6.